The molecule has 0 saturated carbocycles. The van der Waals surface area contributed by atoms with Gasteiger partial charge in [-0.2, -0.15) is 0 Å². The van der Waals surface area contributed by atoms with Crippen LogP contribution in [0.4, 0.5) is 85.3 Å². The number of ether oxygens (including phenoxy) is 2. The molecule has 0 N–H and O–H groups in total. The van der Waals surface area contributed by atoms with Gasteiger partial charge in [0.25, 0.3) is 20.1 Å². The van der Waals surface area contributed by atoms with Crippen LogP contribution in [0.3, 0.4) is 0 Å². The molecule has 0 atom stereocenters. The lowest BCUT2D eigenvalue weighted by Gasteiger charge is -2.48. The van der Waals surface area contributed by atoms with E-state index in [9.17, 15) is 0 Å². The van der Waals surface area contributed by atoms with Crippen molar-refractivity contribution in [1.82, 2.24) is 0 Å². The van der Waals surface area contributed by atoms with Gasteiger partial charge >= 0.3 is 0 Å². The van der Waals surface area contributed by atoms with Crippen molar-refractivity contribution in [1.29, 1.82) is 0 Å². The highest BCUT2D eigenvalue weighted by Gasteiger charge is 2.52. The molecule has 0 aromatic heterocycles. The molecule has 10 heteroatoms. The summed E-state index contributed by atoms with van der Waals surface area (Å²) in [6, 6.07) is 111. The molecular weight excluding hydrogens is 1070 g/mol. The summed E-state index contributed by atoms with van der Waals surface area (Å²) in [7, 11) is 0. The van der Waals surface area contributed by atoms with E-state index in [-0.39, 0.29) is 20.1 Å². The van der Waals surface area contributed by atoms with E-state index in [1.54, 1.807) is 0 Å². The van der Waals surface area contributed by atoms with Gasteiger partial charge in [0.2, 0.25) is 0 Å². The molecule has 408 valence electrons. The molecule has 0 saturated heterocycles. The average Bonchev–Trinajstić information content (AvgIpc) is 0.725. The Hall–Kier alpha value is -11.3. The standard InChI is InChI=1S/C78H50B3N5O2/c1-7-26-51(27-8-1)82(52-28-9-2-10-29-52)57-46-68-75-73(47-57)87-71-44-23-20-39-59(71)79(75)61-48-62-67(49-66(61)85(68)55-34-15-5-16-35-55)86(56-36-17-6-18-37-56)69-50-70-77(78-76(69)80(62)60-40-21-24-45-72(60)88-78)81-58-38-19-22-41-63(58)83(53-30-11-3-12-31-53)64-42-25-43-65(74(64)81)84(70)54-32-13-4-14-33-54/h1-50H. The average molecular weight is 1120 g/mol. The maximum Gasteiger partial charge on any atom is 0.256 e. The first-order valence-electron chi connectivity index (χ1n) is 30.3. The first-order valence-corrected chi connectivity index (χ1v) is 30.3. The van der Waals surface area contributed by atoms with E-state index in [0.717, 1.165) is 136 Å². The van der Waals surface area contributed by atoms with Crippen LogP contribution in [0.5, 0.6) is 23.0 Å². The first kappa shape index (κ1) is 49.0. The van der Waals surface area contributed by atoms with Gasteiger partial charge in [0, 0.05) is 85.7 Å². The highest BCUT2D eigenvalue weighted by molar-refractivity contribution is 7.04. The molecule has 0 bridgehead atoms. The molecule has 13 aromatic rings. The van der Waals surface area contributed by atoms with Crippen molar-refractivity contribution in [3.05, 3.63) is 303 Å². The Balaban J connectivity index is 0.915. The second-order valence-corrected chi connectivity index (χ2v) is 23.5. The molecule has 0 aliphatic carbocycles. The van der Waals surface area contributed by atoms with Crippen LogP contribution in [0.25, 0.3) is 0 Å². The van der Waals surface area contributed by atoms with Crippen LogP contribution < -0.4 is 83.1 Å². The number of para-hydroxylation sites is 9. The van der Waals surface area contributed by atoms with Crippen LogP contribution in [-0.4, -0.2) is 20.1 Å². The predicted octanol–water partition coefficient (Wildman–Crippen LogP) is 14.0. The Bertz CT molecular complexity index is 4950. The summed E-state index contributed by atoms with van der Waals surface area (Å²) in [6.45, 7) is -0.594. The van der Waals surface area contributed by atoms with Crippen molar-refractivity contribution in [3.8, 4) is 23.0 Å². The zero-order chi connectivity index (χ0) is 57.6. The van der Waals surface area contributed by atoms with E-state index >= 15 is 0 Å². The largest absolute Gasteiger partial charge is 0.459 e. The molecule has 0 spiro atoms. The minimum atomic E-state index is -0.226. The van der Waals surface area contributed by atoms with Crippen LogP contribution in [0.1, 0.15) is 0 Å². The summed E-state index contributed by atoms with van der Waals surface area (Å²) in [4.78, 5) is 12.3. The Morgan fingerprint density at radius 1 is 0.227 bits per heavy atom. The lowest BCUT2D eigenvalue weighted by molar-refractivity contribution is 0.487. The van der Waals surface area contributed by atoms with Crippen molar-refractivity contribution < 1.29 is 9.47 Å². The number of anilines is 15. The van der Waals surface area contributed by atoms with Crippen molar-refractivity contribution in [3.63, 3.8) is 0 Å². The number of nitrogens with zero attached hydrogens (tertiary/aromatic N) is 5. The van der Waals surface area contributed by atoms with Crippen LogP contribution in [0.15, 0.2) is 303 Å². The van der Waals surface area contributed by atoms with Crippen molar-refractivity contribution in [2.24, 2.45) is 0 Å². The van der Waals surface area contributed by atoms with Gasteiger partial charge in [-0.05, 0) is 170 Å². The minimum Gasteiger partial charge on any atom is -0.459 e. The monoisotopic (exact) mass is 1120 g/mol. The summed E-state index contributed by atoms with van der Waals surface area (Å²) in [5, 5.41) is 0. The molecule has 0 unspecified atom stereocenters. The molecule has 0 fully saturated rings. The van der Waals surface area contributed by atoms with E-state index in [2.05, 4.69) is 328 Å². The molecule has 19 rings (SSSR count). The van der Waals surface area contributed by atoms with Gasteiger partial charge < -0.3 is 34.0 Å². The Kier molecular flexibility index (Phi) is 10.6. The molecule has 6 heterocycles. The molecule has 88 heavy (non-hydrogen) atoms. The number of hydrogen-bond donors (Lipinski definition) is 0. The van der Waals surface area contributed by atoms with Crippen molar-refractivity contribution in [2.45, 2.75) is 0 Å². The lowest BCUT2D eigenvalue weighted by Crippen LogP contribution is -2.66. The Morgan fingerprint density at radius 3 is 1.15 bits per heavy atom. The van der Waals surface area contributed by atoms with Crippen molar-refractivity contribution >= 4 is 155 Å². The van der Waals surface area contributed by atoms with E-state index in [4.69, 9.17) is 9.47 Å². The maximum atomic E-state index is 7.79. The molecule has 0 radical (unpaired) electrons. The second kappa shape index (κ2) is 19.1. The van der Waals surface area contributed by atoms with Gasteiger partial charge in [-0.15, -0.1) is 0 Å². The van der Waals surface area contributed by atoms with Crippen LogP contribution in [0.2, 0.25) is 0 Å². The predicted molar refractivity (Wildman–Crippen MR) is 367 cm³/mol. The zero-order valence-electron chi connectivity index (χ0n) is 47.7. The van der Waals surface area contributed by atoms with Gasteiger partial charge in [0.15, 0.2) is 0 Å². The molecule has 13 aromatic carbocycles. The Labute approximate surface area is 512 Å². The number of fused-ring (bicyclic) bond motifs is 13. The zero-order valence-corrected chi connectivity index (χ0v) is 47.7. The first-order chi connectivity index (χ1) is 43.7. The van der Waals surface area contributed by atoms with Crippen LogP contribution >= 0.6 is 0 Å². The SMILES string of the molecule is c1ccc(N(c2ccccc2)c2cc3c4c(c2)N(c2ccccc2)c2cc5c(cc2B4c2ccccc2O3)B2c3ccccc3Oc3c2c(cc2c3B3c4ccccc4N(c4ccccc4)c4cccc(c43)N2c2ccccc2)N5c2ccccc2)cc1. The van der Waals surface area contributed by atoms with Gasteiger partial charge in [0.05, 0.1) is 5.69 Å². The van der Waals surface area contributed by atoms with Gasteiger partial charge in [-0.1, -0.05) is 176 Å². The third-order valence-electron chi connectivity index (χ3n) is 18.8. The molecule has 0 amide bonds. The highest BCUT2D eigenvalue weighted by Crippen LogP contribution is 2.52. The quantitative estimate of drug-likeness (QED) is 0.147. The fourth-order valence-electron chi connectivity index (χ4n) is 15.4. The van der Waals surface area contributed by atoms with Crippen LogP contribution in [-0.2, 0) is 0 Å². The van der Waals surface area contributed by atoms with E-state index in [1.807, 2.05) is 0 Å². The molecular formula is C78H50B3N5O2. The van der Waals surface area contributed by atoms with E-state index < -0.39 is 0 Å². The molecule has 6 aliphatic rings. The summed E-state index contributed by atoms with van der Waals surface area (Å²) >= 11 is 0. The minimum absolute atomic E-state index is 0.184. The fourth-order valence-corrected chi connectivity index (χ4v) is 15.4. The van der Waals surface area contributed by atoms with E-state index in [1.165, 1.54) is 21.9 Å². The van der Waals surface area contributed by atoms with Gasteiger partial charge in [0.1, 0.15) is 23.0 Å². The van der Waals surface area contributed by atoms with Crippen molar-refractivity contribution in [2.75, 3.05) is 24.5 Å². The summed E-state index contributed by atoms with van der Waals surface area (Å²) in [5.41, 5.74) is 26.9. The number of benzene rings is 13. The van der Waals surface area contributed by atoms with Gasteiger partial charge in [-0.25, -0.2) is 0 Å². The summed E-state index contributed by atoms with van der Waals surface area (Å²) < 4.78 is 15.0. The topological polar surface area (TPSA) is 34.7 Å². The number of rotatable bonds is 7. The third kappa shape index (κ3) is 7.05. The summed E-state index contributed by atoms with van der Waals surface area (Å²) in [6.07, 6.45) is 0. The summed E-state index contributed by atoms with van der Waals surface area (Å²) in [5.74, 6) is 3.45. The van der Waals surface area contributed by atoms with E-state index in [0.29, 0.717) is 0 Å². The number of hydrogen-bond acceptors (Lipinski definition) is 7. The molecule has 7 nitrogen and oxygen atoms in total. The second-order valence-electron chi connectivity index (χ2n) is 23.5. The highest BCUT2D eigenvalue weighted by atomic mass is 16.5. The fraction of sp³-hybridized carbons (Fsp3) is 0. The normalized spacial score (nSPS) is 13.7. The maximum absolute atomic E-state index is 7.79. The molecule has 6 aliphatic heterocycles. The van der Waals surface area contributed by atoms with Gasteiger partial charge in [-0.3, -0.25) is 0 Å². The lowest BCUT2D eigenvalue weighted by atomic mass is 9.29. The van der Waals surface area contributed by atoms with Crippen LogP contribution in [0, 0.1) is 0 Å². The third-order valence-corrected chi connectivity index (χ3v) is 18.8. The smallest absolute Gasteiger partial charge is 0.256 e. The Morgan fingerprint density at radius 2 is 0.614 bits per heavy atom.